The quantitative estimate of drug-likeness (QED) is 0.282. The molecule has 3 N–H and O–H groups in total. The van der Waals surface area contributed by atoms with E-state index in [1.165, 1.54) is 0 Å². The predicted octanol–water partition coefficient (Wildman–Crippen LogP) is 0.330. The van der Waals surface area contributed by atoms with Crippen LogP contribution in [-0.4, -0.2) is 51.3 Å². The normalized spacial score (nSPS) is 11.5. The van der Waals surface area contributed by atoms with E-state index in [9.17, 15) is 4.79 Å². The number of rotatable bonds is 5. The van der Waals surface area contributed by atoms with Gasteiger partial charge in [-0.05, 0) is 20.8 Å². The average molecular weight is 372 g/mol. The molecule has 0 aliphatic heterocycles. The summed E-state index contributed by atoms with van der Waals surface area (Å²) in [4.78, 5) is 15.4. The van der Waals surface area contributed by atoms with E-state index in [1.807, 2.05) is 20.8 Å². The number of nitrogens with zero attached hydrogens (tertiary/aromatic N) is 1. The third kappa shape index (κ3) is 11.9. The van der Waals surface area contributed by atoms with Crippen molar-refractivity contribution >= 4 is 35.8 Å². The second-order valence-electron chi connectivity index (χ2n) is 4.64. The largest absolute Gasteiger partial charge is 0.383 e. The van der Waals surface area contributed by atoms with E-state index in [2.05, 4.69) is 20.9 Å². The maximum absolute atomic E-state index is 11.4. The zero-order valence-electron chi connectivity index (χ0n) is 11.8. The molecule has 1 amide bonds. The van der Waals surface area contributed by atoms with Crippen molar-refractivity contribution in [2.24, 2.45) is 4.99 Å². The van der Waals surface area contributed by atoms with Crippen LogP contribution >= 0.6 is 24.0 Å². The summed E-state index contributed by atoms with van der Waals surface area (Å²) in [6.45, 7) is 7.30. The van der Waals surface area contributed by atoms with Crippen LogP contribution in [0.2, 0.25) is 0 Å². The summed E-state index contributed by atoms with van der Waals surface area (Å²) < 4.78 is 4.83. The number of carbonyl (C=O) groups excluding carboxylic acids is 1. The predicted molar refractivity (Wildman–Crippen MR) is 84.6 cm³/mol. The Kier molecular flexibility index (Phi) is 11.4. The Bertz CT molecular complexity index is 264. The van der Waals surface area contributed by atoms with E-state index in [-0.39, 0.29) is 42.0 Å². The van der Waals surface area contributed by atoms with Crippen molar-refractivity contribution in [2.45, 2.75) is 26.3 Å². The number of methoxy groups -OCH3 is 1. The molecule has 0 aromatic carbocycles. The number of nitrogens with one attached hydrogen (secondary N) is 3. The van der Waals surface area contributed by atoms with Gasteiger partial charge in [-0.15, -0.1) is 24.0 Å². The summed E-state index contributed by atoms with van der Waals surface area (Å²) in [7, 11) is 3.27. The standard InChI is InChI=1S/C11H24N4O2.HI/c1-11(2,3)15-10(12-4)14-8-9(16)13-6-7-17-5;/h6-8H2,1-5H3,(H,13,16)(H2,12,14,15);1H. The van der Waals surface area contributed by atoms with Crippen LogP contribution in [0.1, 0.15) is 20.8 Å². The highest BCUT2D eigenvalue weighted by atomic mass is 127. The van der Waals surface area contributed by atoms with E-state index in [1.54, 1.807) is 14.2 Å². The summed E-state index contributed by atoms with van der Waals surface area (Å²) in [5.74, 6) is 0.526. The van der Waals surface area contributed by atoms with Crippen LogP contribution in [0.3, 0.4) is 0 Å². The highest BCUT2D eigenvalue weighted by molar-refractivity contribution is 14.0. The molecule has 108 valence electrons. The van der Waals surface area contributed by atoms with Gasteiger partial charge in [-0.2, -0.15) is 0 Å². The van der Waals surface area contributed by atoms with Gasteiger partial charge in [0.05, 0.1) is 13.2 Å². The molecule has 0 fully saturated rings. The molecule has 0 bridgehead atoms. The Morgan fingerprint density at radius 2 is 1.89 bits per heavy atom. The number of guanidine groups is 1. The van der Waals surface area contributed by atoms with E-state index < -0.39 is 0 Å². The van der Waals surface area contributed by atoms with E-state index in [4.69, 9.17) is 4.74 Å². The zero-order valence-corrected chi connectivity index (χ0v) is 14.1. The monoisotopic (exact) mass is 372 g/mol. The van der Waals surface area contributed by atoms with Crippen molar-refractivity contribution in [1.82, 2.24) is 16.0 Å². The van der Waals surface area contributed by atoms with Gasteiger partial charge in [-0.25, -0.2) is 0 Å². The van der Waals surface area contributed by atoms with Crippen LogP contribution < -0.4 is 16.0 Å². The van der Waals surface area contributed by atoms with Crippen LogP contribution in [0, 0.1) is 0 Å². The maximum atomic E-state index is 11.4. The van der Waals surface area contributed by atoms with Crippen molar-refractivity contribution < 1.29 is 9.53 Å². The molecule has 0 rings (SSSR count). The lowest BCUT2D eigenvalue weighted by Gasteiger charge is -2.23. The molecule has 0 aliphatic carbocycles. The van der Waals surface area contributed by atoms with E-state index in [0.29, 0.717) is 19.1 Å². The molecule has 7 heteroatoms. The smallest absolute Gasteiger partial charge is 0.239 e. The number of aliphatic imine (C=N–C) groups is 1. The fourth-order valence-corrected chi connectivity index (χ4v) is 1.05. The van der Waals surface area contributed by atoms with Gasteiger partial charge < -0.3 is 20.7 Å². The van der Waals surface area contributed by atoms with Crippen molar-refractivity contribution in [3.05, 3.63) is 0 Å². The first-order valence-electron chi connectivity index (χ1n) is 5.63. The topological polar surface area (TPSA) is 74.8 Å². The Hall–Kier alpha value is -0.570. The van der Waals surface area contributed by atoms with Crippen LogP contribution in [0.4, 0.5) is 0 Å². The molecule has 0 aromatic rings. The number of hydrogen-bond acceptors (Lipinski definition) is 3. The maximum Gasteiger partial charge on any atom is 0.239 e. The highest BCUT2D eigenvalue weighted by Gasteiger charge is 2.12. The molecule has 0 spiro atoms. The van der Waals surface area contributed by atoms with Gasteiger partial charge in [0.15, 0.2) is 5.96 Å². The molecule has 6 nitrogen and oxygen atoms in total. The second-order valence-corrected chi connectivity index (χ2v) is 4.64. The number of ether oxygens (including phenoxy) is 1. The zero-order chi connectivity index (χ0) is 13.3. The first-order chi connectivity index (χ1) is 7.89. The number of amides is 1. The molecule has 0 atom stereocenters. The molecule has 0 saturated heterocycles. The summed E-state index contributed by atoms with van der Waals surface area (Å²) in [5, 5.41) is 8.82. The van der Waals surface area contributed by atoms with Gasteiger partial charge in [0.25, 0.3) is 0 Å². The Labute approximate surface area is 126 Å². The van der Waals surface area contributed by atoms with E-state index in [0.717, 1.165) is 0 Å². The molecule has 0 unspecified atom stereocenters. The fourth-order valence-electron chi connectivity index (χ4n) is 1.05. The second kappa shape index (κ2) is 10.4. The third-order valence-electron chi connectivity index (χ3n) is 1.76. The van der Waals surface area contributed by atoms with Gasteiger partial charge in [0.1, 0.15) is 0 Å². The van der Waals surface area contributed by atoms with Crippen LogP contribution in [0.25, 0.3) is 0 Å². The average Bonchev–Trinajstić information content (AvgIpc) is 2.23. The van der Waals surface area contributed by atoms with Gasteiger partial charge in [0.2, 0.25) is 5.91 Å². The van der Waals surface area contributed by atoms with Gasteiger partial charge in [0, 0.05) is 26.2 Å². The lowest BCUT2D eigenvalue weighted by molar-refractivity contribution is -0.120. The minimum Gasteiger partial charge on any atom is -0.383 e. The SMILES string of the molecule is CN=C(NCC(=O)NCCOC)NC(C)(C)C.I. The summed E-state index contributed by atoms with van der Waals surface area (Å²) in [6.07, 6.45) is 0. The number of carbonyl (C=O) groups is 1. The molecular formula is C11H25IN4O2. The Morgan fingerprint density at radius 3 is 2.33 bits per heavy atom. The molecule has 0 saturated carbocycles. The highest BCUT2D eigenvalue weighted by Crippen LogP contribution is 1.97. The summed E-state index contributed by atoms with van der Waals surface area (Å²) in [6, 6.07) is 0. The molecule has 0 heterocycles. The van der Waals surface area contributed by atoms with Crippen molar-refractivity contribution in [2.75, 3.05) is 33.9 Å². The van der Waals surface area contributed by atoms with Gasteiger partial charge in [-0.3, -0.25) is 9.79 Å². The lowest BCUT2D eigenvalue weighted by Crippen LogP contribution is -2.50. The first kappa shape index (κ1) is 19.8. The number of hydrogen-bond donors (Lipinski definition) is 3. The van der Waals surface area contributed by atoms with Crippen molar-refractivity contribution in [3.63, 3.8) is 0 Å². The number of halogens is 1. The lowest BCUT2D eigenvalue weighted by atomic mass is 10.1. The van der Waals surface area contributed by atoms with Gasteiger partial charge in [-0.1, -0.05) is 0 Å². The summed E-state index contributed by atoms with van der Waals surface area (Å²) >= 11 is 0. The Morgan fingerprint density at radius 1 is 1.28 bits per heavy atom. The molecule has 0 aliphatic rings. The third-order valence-corrected chi connectivity index (χ3v) is 1.76. The van der Waals surface area contributed by atoms with Crippen molar-refractivity contribution in [3.8, 4) is 0 Å². The fraction of sp³-hybridized carbons (Fsp3) is 0.818. The van der Waals surface area contributed by atoms with Gasteiger partial charge >= 0.3 is 0 Å². The first-order valence-corrected chi connectivity index (χ1v) is 5.63. The van der Waals surface area contributed by atoms with Crippen molar-refractivity contribution in [1.29, 1.82) is 0 Å². The molecule has 0 aromatic heterocycles. The Balaban J connectivity index is 0. The minimum absolute atomic E-state index is 0. The molecule has 18 heavy (non-hydrogen) atoms. The summed E-state index contributed by atoms with van der Waals surface area (Å²) in [5.41, 5.74) is -0.0889. The van der Waals surface area contributed by atoms with Crippen LogP contribution in [-0.2, 0) is 9.53 Å². The van der Waals surface area contributed by atoms with Crippen LogP contribution in [0.15, 0.2) is 4.99 Å². The van der Waals surface area contributed by atoms with E-state index >= 15 is 0 Å². The minimum atomic E-state index is -0.0889. The molecular weight excluding hydrogens is 347 g/mol. The molecule has 0 radical (unpaired) electrons. The van der Waals surface area contributed by atoms with Crippen LogP contribution in [0.5, 0.6) is 0 Å².